The molecule has 0 aliphatic rings. The number of carbonyl (C=O) groups excluding carboxylic acids is 1. The molecule has 6 nitrogen and oxygen atoms in total. The van der Waals surface area contributed by atoms with Gasteiger partial charge in [0.05, 0.1) is 18.8 Å². The molecule has 1 amide bonds. The molecule has 1 aromatic heterocycles. The van der Waals surface area contributed by atoms with Crippen molar-refractivity contribution in [2.24, 2.45) is 0 Å². The fourth-order valence-corrected chi connectivity index (χ4v) is 2.92. The van der Waals surface area contributed by atoms with Crippen molar-refractivity contribution in [2.45, 2.75) is 6.04 Å². The minimum absolute atomic E-state index is 0.00865. The first kappa shape index (κ1) is 19.6. The van der Waals surface area contributed by atoms with E-state index in [2.05, 4.69) is 15.5 Å². The molecule has 1 unspecified atom stereocenters. The van der Waals surface area contributed by atoms with Crippen LogP contribution in [0.2, 0.25) is 0 Å². The Bertz CT molecular complexity index is 920. The number of aromatic nitrogens is 2. The van der Waals surface area contributed by atoms with E-state index in [0.29, 0.717) is 17.9 Å². The number of benzene rings is 2. The summed E-state index contributed by atoms with van der Waals surface area (Å²) in [5.41, 5.74) is 2.75. The third kappa shape index (κ3) is 4.55. The van der Waals surface area contributed by atoms with Crippen LogP contribution in [0.3, 0.4) is 0 Å². The van der Waals surface area contributed by atoms with Gasteiger partial charge in [0, 0.05) is 12.1 Å². The largest absolute Gasteiger partial charge is 0.497 e. The number of rotatable bonds is 7. The highest BCUT2D eigenvalue weighted by molar-refractivity contribution is 5.93. The maximum atomic E-state index is 13.1. The van der Waals surface area contributed by atoms with Crippen LogP contribution >= 0.6 is 0 Å². The van der Waals surface area contributed by atoms with Crippen LogP contribution in [0.5, 0.6) is 5.75 Å². The lowest BCUT2D eigenvalue weighted by atomic mass is 10.1. The molecule has 1 heterocycles. The Hall–Kier alpha value is -3.19. The van der Waals surface area contributed by atoms with Crippen LogP contribution in [-0.2, 0) is 0 Å². The average molecular weight is 382 g/mol. The Morgan fingerprint density at radius 3 is 2.46 bits per heavy atom. The highest BCUT2D eigenvalue weighted by atomic mass is 19.1. The standard InChI is InChI=1S/C21H23FN4O2/c1-26(2)20(15-6-10-17(28-3)11-7-15)13-23-21(27)19-12-18(24-25-19)14-4-8-16(22)9-5-14/h4-12,20H,13H2,1-3H3,(H,23,27)(H,24,25). The highest BCUT2D eigenvalue weighted by Gasteiger charge is 2.17. The van der Waals surface area contributed by atoms with Crippen molar-refractivity contribution < 1.29 is 13.9 Å². The molecule has 0 aliphatic carbocycles. The van der Waals surface area contributed by atoms with Gasteiger partial charge in [-0.05, 0) is 62.1 Å². The third-order valence-electron chi connectivity index (χ3n) is 4.54. The zero-order chi connectivity index (χ0) is 20.1. The van der Waals surface area contributed by atoms with Crippen LogP contribution in [0.4, 0.5) is 4.39 Å². The van der Waals surface area contributed by atoms with Gasteiger partial charge in [0.2, 0.25) is 0 Å². The molecule has 1 atom stereocenters. The molecule has 7 heteroatoms. The predicted molar refractivity (Wildman–Crippen MR) is 106 cm³/mol. The number of halogens is 1. The quantitative estimate of drug-likeness (QED) is 0.658. The van der Waals surface area contributed by atoms with Crippen LogP contribution in [0.1, 0.15) is 22.1 Å². The molecule has 2 aromatic carbocycles. The zero-order valence-corrected chi connectivity index (χ0v) is 16.1. The van der Waals surface area contributed by atoms with E-state index >= 15 is 0 Å². The topological polar surface area (TPSA) is 70.2 Å². The van der Waals surface area contributed by atoms with E-state index in [1.165, 1.54) is 12.1 Å². The van der Waals surface area contributed by atoms with E-state index < -0.39 is 0 Å². The first-order chi connectivity index (χ1) is 13.5. The molecule has 0 bridgehead atoms. The SMILES string of the molecule is COc1ccc(C(CNC(=O)c2cc(-c3ccc(F)cc3)n[nH]2)N(C)C)cc1. The number of methoxy groups -OCH3 is 1. The molecule has 146 valence electrons. The van der Waals surface area contributed by atoms with E-state index in [-0.39, 0.29) is 17.8 Å². The van der Waals surface area contributed by atoms with Gasteiger partial charge >= 0.3 is 0 Å². The number of aromatic amines is 1. The smallest absolute Gasteiger partial charge is 0.269 e. The van der Waals surface area contributed by atoms with Gasteiger partial charge in [-0.2, -0.15) is 5.10 Å². The number of likely N-dealkylation sites (N-methyl/N-ethyl adjacent to an activating group) is 1. The second-order valence-electron chi connectivity index (χ2n) is 6.64. The molecule has 0 saturated heterocycles. The maximum Gasteiger partial charge on any atom is 0.269 e. The van der Waals surface area contributed by atoms with Crippen LogP contribution < -0.4 is 10.1 Å². The van der Waals surface area contributed by atoms with E-state index in [4.69, 9.17) is 4.74 Å². The minimum Gasteiger partial charge on any atom is -0.497 e. The Morgan fingerprint density at radius 2 is 1.86 bits per heavy atom. The number of nitrogens with zero attached hydrogens (tertiary/aromatic N) is 2. The van der Waals surface area contributed by atoms with Gasteiger partial charge < -0.3 is 15.0 Å². The first-order valence-electron chi connectivity index (χ1n) is 8.88. The Kier molecular flexibility index (Phi) is 6.06. The van der Waals surface area contributed by atoms with Gasteiger partial charge in [0.25, 0.3) is 5.91 Å². The summed E-state index contributed by atoms with van der Waals surface area (Å²) in [6, 6.07) is 15.4. The molecule has 0 radical (unpaired) electrons. The molecule has 0 fully saturated rings. The summed E-state index contributed by atoms with van der Waals surface area (Å²) >= 11 is 0. The number of nitrogens with one attached hydrogen (secondary N) is 2. The van der Waals surface area contributed by atoms with Crippen molar-refractivity contribution in [2.75, 3.05) is 27.7 Å². The summed E-state index contributed by atoms with van der Waals surface area (Å²) in [7, 11) is 5.55. The Labute approximate surface area is 163 Å². The number of carbonyl (C=O) groups is 1. The van der Waals surface area contributed by atoms with Gasteiger partial charge in [-0.3, -0.25) is 9.89 Å². The molecular formula is C21H23FN4O2. The normalized spacial score (nSPS) is 12.0. The van der Waals surface area contributed by atoms with Gasteiger partial charge in [-0.15, -0.1) is 0 Å². The van der Waals surface area contributed by atoms with Gasteiger partial charge in [0.15, 0.2) is 0 Å². The summed E-state index contributed by atoms with van der Waals surface area (Å²) in [4.78, 5) is 14.6. The molecule has 0 aliphatic heterocycles. The number of hydrogen-bond acceptors (Lipinski definition) is 4. The van der Waals surface area contributed by atoms with E-state index in [1.807, 2.05) is 43.3 Å². The summed E-state index contributed by atoms with van der Waals surface area (Å²) in [6.07, 6.45) is 0. The molecular weight excluding hydrogens is 359 g/mol. The van der Waals surface area contributed by atoms with Crippen LogP contribution in [-0.4, -0.2) is 48.8 Å². The van der Waals surface area contributed by atoms with Crippen LogP contribution in [0.15, 0.2) is 54.6 Å². The Balaban J connectivity index is 1.67. The predicted octanol–water partition coefficient (Wildman–Crippen LogP) is 3.26. The van der Waals surface area contributed by atoms with Gasteiger partial charge in [0.1, 0.15) is 17.3 Å². The summed E-state index contributed by atoms with van der Waals surface area (Å²) in [5.74, 6) is 0.225. The molecule has 3 rings (SSSR count). The second kappa shape index (κ2) is 8.67. The average Bonchev–Trinajstić information content (AvgIpc) is 3.19. The fraction of sp³-hybridized carbons (Fsp3) is 0.238. The van der Waals surface area contributed by atoms with Crippen molar-refractivity contribution >= 4 is 5.91 Å². The van der Waals surface area contributed by atoms with Crippen molar-refractivity contribution in [3.63, 3.8) is 0 Å². The van der Waals surface area contributed by atoms with Crippen LogP contribution in [0, 0.1) is 5.82 Å². The van der Waals surface area contributed by atoms with Crippen molar-refractivity contribution in [1.82, 2.24) is 20.4 Å². The summed E-state index contributed by atoms with van der Waals surface area (Å²) < 4.78 is 18.3. The van der Waals surface area contributed by atoms with Crippen molar-refractivity contribution in [3.8, 4) is 17.0 Å². The number of hydrogen-bond donors (Lipinski definition) is 2. The molecule has 28 heavy (non-hydrogen) atoms. The molecule has 2 N–H and O–H groups in total. The maximum absolute atomic E-state index is 13.1. The number of H-pyrrole nitrogens is 1. The lowest BCUT2D eigenvalue weighted by Gasteiger charge is -2.25. The van der Waals surface area contributed by atoms with E-state index in [1.54, 1.807) is 25.3 Å². The zero-order valence-electron chi connectivity index (χ0n) is 16.1. The molecule has 0 spiro atoms. The van der Waals surface area contributed by atoms with Gasteiger partial charge in [-0.25, -0.2) is 4.39 Å². The van der Waals surface area contributed by atoms with Crippen molar-refractivity contribution in [1.29, 1.82) is 0 Å². The van der Waals surface area contributed by atoms with Crippen LogP contribution in [0.25, 0.3) is 11.3 Å². The lowest BCUT2D eigenvalue weighted by Crippen LogP contribution is -2.34. The Morgan fingerprint density at radius 1 is 1.18 bits per heavy atom. The van der Waals surface area contributed by atoms with E-state index in [9.17, 15) is 9.18 Å². The second-order valence-corrected chi connectivity index (χ2v) is 6.64. The summed E-state index contributed by atoms with van der Waals surface area (Å²) in [5, 5.41) is 9.82. The molecule has 3 aromatic rings. The monoisotopic (exact) mass is 382 g/mol. The van der Waals surface area contributed by atoms with Gasteiger partial charge in [-0.1, -0.05) is 12.1 Å². The van der Waals surface area contributed by atoms with E-state index in [0.717, 1.165) is 16.9 Å². The third-order valence-corrected chi connectivity index (χ3v) is 4.54. The highest BCUT2D eigenvalue weighted by Crippen LogP contribution is 2.21. The lowest BCUT2D eigenvalue weighted by molar-refractivity contribution is 0.0937. The minimum atomic E-state index is -0.314. The number of ether oxygens (including phenoxy) is 1. The molecule has 0 saturated carbocycles. The van der Waals surface area contributed by atoms with Crippen molar-refractivity contribution in [3.05, 3.63) is 71.7 Å². The first-order valence-corrected chi connectivity index (χ1v) is 8.88. The fourth-order valence-electron chi connectivity index (χ4n) is 2.92. The number of amides is 1. The summed E-state index contributed by atoms with van der Waals surface area (Å²) in [6.45, 7) is 0.434.